The number of phenolic OH excluding ortho intramolecular Hbond substituents is 1. The molecule has 22 heavy (non-hydrogen) atoms. The summed E-state index contributed by atoms with van der Waals surface area (Å²) in [5.41, 5.74) is 0.457. The summed E-state index contributed by atoms with van der Waals surface area (Å²) in [5, 5.41) is 23.1. The molecule has 3 rings (SSSR count). The number of non-ortho nitro benzene ring substituents is 1. The molecule has 0 aromatic heterocycles. The Hall–Kier alpha value is -3.22. The fourth-order valence-corrected chi connectivity index (χ4v) is 2.39. The Balaban J connectivity index is 1.91. The van der Waals surface area contributed by atoms with E-state index in [4.69, 9.17) is 0 Å². The van der Waals surface area contributed by atoms with Gasteiger partial charge in [0, 0.05) is 17.2 Å². The predicted molar refractivity (Wildman–Crippen MR) is 77.3 cm³/mol. The standard InChI is InChI=1S/C15H10N2O5/c18-12-7-8(17(21)22)5-6-11(12)16-13-14(19)9-3-1-2-4-10(9)15(13)20/h1-7,13,16,18H. The molecule has 0 saturated heterocycles. The first-order valence-corrected chi connectivity index (χ1v) is 6.40. The number of Topliss-reactive ketones (excluding diaryl/α,β-unsaturated/α-hetero) is 2. The van der Waals surface area contributed by atoms with Gasteiger partial charge in [0.1, 0.15) is 5.75 Å². The van der Waals surface area contributed by atoms with Crippen LogP contribution in [0.25, 0.3) is 0 Å². The minimum absolute atomic E-state index is 0.0881. The Bertz CT molecular complexity index is 780. The zero-order valence-corrected chi connectivity index (χ0v) is 11.1. The quantitative estimate of drug-likeness (QED) is 0.389. The van der Waals surface area contributed by atoms with E-state index in [1.807, 2.05) is 0 Å². The molecule has 0 atom stereocenters. The van der Waals surface area contributed by atoms with Gasteiger partial charge in [0.15, 0.2) is 17.6 Å². The van der Waals surface area contributed by atoms with E-state index in [9.17, 15) is 24.8 Å². The molecule has 0 amide bonds. The SMILES string of the molecule is O=C1c2ccccc2C(=O)C1Nc1ccc([N+](=O)[O-])cc1O. The number of benzene rings is 2. The third-order valence-corrected chi connectivity index (χ3v) is 3.47. The molecule has 2 aromatic rings. The van der Waals surface area contributed by atoms with Crippen molar-refractivity contribution in [3.05, 3.63) is 63.7 Å². The molecular formula is C15H10N2O5. The molecule has 0 aliphatic heterocycles. The number of phenols is 1. The minimum atomic E-state index is -1.13. The van der Waals surface area contributed by atoms with E-state index in [1.165, 1.54) is 12.1 Å². The normalized spacial score (nSPS) is 14.0. The van der Waals surface area contributed by atoms with Gasteiger partial charge < -0.3 is 10.4 Å². The van der Waals surface area contributed by atoms with Gasteiger partial charge in [-0.25, -0.2) is 0 Å². The highest BCUT2D eigenvalue weighted by atomic mass is 16.6. The molecule has 0 radical (unpaired) electrons. The molecule has 1 aliphatic carbocycles. The molecule has 0 saturated carbocycles. The second kappa shape index (κ2) is 4.96. The highest BCUT2D eigenvalue weighted by molar-refractivity contribution is 6.30. The number of fused-ring (bicyclic) bond motifs is 1. The maximum absolute atomic E-state index is 12.2. The summed E-state index contributed by atoms with van der Waals surface area (Å²) in [6.07, 6.45) is 0. The van der Waals surface area contributed by atoms with Crippen LogP contribution in [0, 0.1) is 10.1 Å². The van der Waals surface area contributed by atoms with Crippen molar-refractivity contribution >= 4 is 22.9 Å². The van der Waals surface area contributed by atoms with E-state index >= 15 is 0 Å². The van der Waals surface area contributed by atoms with Crippen LogP contribution in [-0.4, -0.2) is 27.6 Å². The first kappa shape index (κ1) is 13.7. The Morgan fingerprint density at radius 1 is 1.05 bits per heavy atom. The third-order valence-electron chi connectivity index (χ3n) is 3.47. The molecule has 0 bridgehead atoms. The highest BCUT2D eigenvalue weighted by Gasteiger charge is 2.38. The van der Waals surface area contributed by atoms with E-state index in [2.05, 4.69) is 5.32 Å². The summed E-state index contributed by atoms with van der Waals surface area (Å²) >= 11 is 0. The molecule has 0 heterocycles. The Morgan fingerprint density at radius 3 is 2.14 bits per heavy atom. The summed E-state index contributed by atoms with van der Waals surface area (Å²) in [7, 11) is 0. The van der Waals surface area contributed by atoms with Gasteiger partial charge in [-0.1, -0.05) is 24.3 Å². The number of carbonyl (C=O) groups is 2. The number of aromatic hydroxyl groups is 1. The molecule has 0 spiro atoms. The number of nitrogens with zero attached hydrogens (tertiary/aromatic N) is 1. The molecule has 7 nitrogen and oxygen atoms in total. The van der Waals surface area contributed by atoms with E-state index in [0.717, 1.165) is 6.07 Å². The number of rotatable bonds is 3. The van der Waals surface area contributed by atoms with Gasteiger partial charge in [0.25, 0.3) is 5.69 Å². The summed E-state index contributed by atoms with van der Waals surface area (Å²) in [4.78, 5) is 34.4. The lowest BCUT2D eigenvalue weighted by Crippen LogP contribution is -2.31. The topological polar surface area (TPSA) is 110 Å². The monoisotopic (exact) mass is 298 g/mol. The van der Waals surface area contributed by atoms with Crippen LogP contribution in [0.2, 0.25) is 0 Å². The summed E-state index contributed by atoms with van der Waals surface area (Å²) < 4.78 is 0. The van der Waals surface area contributed by atoms with Crippen LogP contribution in [0.3, 0.4) is 0 Å². The Kier molecular flexibility index (Phi) is 3.10. The van der Waals surface area contributed by atoms with Crippen LogP contribution in [0.15, 0.2) is 42.5 Å². The number of hydrogen-bond donors (Lipinski definition) is 2. The van der Waals surface area contributed by atoms with E-state index in [-0.39, 0.29) is 11.4 Å². The average Bonchev–Trinajstić information content (AvgIpc) is 2.74. The van der Waals surface area contributed by atoms with Gasteiger partial charge in [0.05, 0.1) is 16.7 Å². The van der Waals surface area contributed by atoms with Gasteiger partial charge >= 0.3 is 0 Å². The van der Waals surface area contributed by atoms with Crippen LogP contribution >= 0.6 is 0 Å². The van der Waals surface area contributed by atoms with Crippen molar-refractivity contribution in [3.63, 3.8) is 0 Å². The van der Waals surface area contributed by atoms with Gasteiger partial charge in [-0.15, -0.1) is 0 Å². The van der Waals surface area contributed by atoms with Gasteiger partial charge in [0.2, 0.25) is 0 Å². The van der Waals surface area contributed by atoms with Crippen molar-refractivity contribution in [1.29, 1.82) is 0 Å². The Morgan fingerprint density at radius 2 is 1.64 bits per heavy atom. The number of nitrogens with one attached hydrogen (secondary N) is 1. The highest BCUT2D eigenvalue weighted by Crippen LogP contribution is 2.31. The summed E-state index contributed by atoms with van der Waals surface area (Å²) in [5.74, 6) is -1.18. The fraction of sp³-hybridized carbons (Fsp3) is 0.0667. The van der Waals surface area contributed by atoms with Crippen LogP contribution in [0.1, 0.15) is 20.7 Å². The number of nitro groups is 1. The lowest BCUT2D eigenvalue weighted by atomic mass is 10.1. The first-order chi connectivity index (χ1) is 10.5. The van der Waals surface area contributed by atoms with E-state index < -0.39 is 28.3 Å². The van der Waals surface area contributed by atoms with Gasteiger partial charge in [-0.3, -0.25) is 19.7 Å². The minimum Gasteiger partial charge on any atom is -0.506 e. The summed E-state index contributed by atoms with van der Waals surface area (Å²) in [6, 6.07) is 8.71. The van der Waals surface area contributed by atoms with Crippen molar-refractivity contribution in [1.82, 2.24) is 0 Å². The molecule has 0 unspecified atom stereocenters. The van der Waals surface area contributed by atoms with Crippen molar-refractivity contribution in [2.75, 3.05) is 5.32 Å². The van der Waals surface area contributed by atoms with Crippen molar-refractivity contribution in [3.8, 4) is 5.75 Å². The first-order valence-electron chi connectivity index (χ1n) is 6.40. The molecule has 0 fully saturated rings. The van der Waals surface area contributed by atoms with Gasteiger partial charge in [-0.05, 0) is 6.07 Å². The second-order valence-electron chi connectivity index (χ2n) is 4.81. The van der Waals surface area contributed by atoms with Crippen LogP contribution in [0.4, 0.5) is 11.4 Å². The molecule has 2 aromatic carbocycles. The number of anilines is 1. The molecule has 2 N–H and O–H groups in total. The number of hydrogen-bond acceptors (Lipinski definition) is 6. The van der Waals surface area contributed by atoms with Crippen LogP contribution in [0.5, 0.6) is 5.75 Å². The van der Waals surface area contributed by atoms with Crippen molar-refractivity contribution in [2.24, 2.45) is 0 Å². The molecule has 7 heteroatoms. The van der Waals surface area contributed by atoms with Crippen molar-refractivity contribution in [2.45, 2.75) is 6.04 Å². The maximum atomic E-state index is 12.2. The Labute approximate surface area is 124 Å². The van der Waals surface area contributed by atoms with Gasteiger partial charge in [-0.2, -0.15) is 0 Å². The van der Waals surface area contributed by atoms with Crippen LogP contribution < -0.4 is 5.32 Å². The number of ketones is 2. The number of carbonyl (C=O) groups excluding carboxylic acids is 2. The lowest BCUT2D eigenvalue weighted by molar-refractivity contribution is -0.384. The van der Waals surface area contributed by atoms with E-state index in [0.29, 0.717) is 11.1 Å². The zero-order valence-electron chi connectivity index (χ0n) is 11.1. The average molecular weight is 298 g/mol. The zero-order chi connectivity index (χ0) is 15.9. The predicted octanol–water partition coefficient (Wildman–Crippen LogP) is 2.16. The smallest absolute Gasteiger partial charge is 0.273 e. The van der Waals surface area contributed by atoms with Crippen molar-refractivity contribution < 1.29 is 19.6 Å². The lowest BCUT2D eigenvalue weighted by Gasteiger charge is -2.12. The fourth-order valence-electron chi connectivity index (χ4n) is 2.39. The molecular weight excluding hydrogens is 288 g/mol. The van der Waals surface area contributed by atoms with Crippen LogP contribution in [-0.2, 0) is 0 Å². The molecule has 110 valence electrons. The largest absolute Gasteiger partial charge is 0.506 e. The molecule has 1 aliphatic rings. The maximum Gasteiger partial charge on any atom is 0.273 e. The van der Waals surface area contributed by atoms with E-state index in [1.54, 1.807) is 24.3 Å². The second-order valence-corrected chi connectivity index (χ2v) is 4.81. The summed E-state index contributed by atoms with van der Waals surface area (Å²) in [6.45, 7) is 0. The third kappa shape index (κ3) is 2.08. The number of nitro benzene ring substituents is 1.